The van der Waals surface area contributed by atoms with Crippen LogP contribution in [0.3, 0.4) is 0 Å². The summed E-state index contributed by atoms with van der Waals surface area (Å²) in [6.45, 7) is 4.77. The fourth-order valence-electron chi connectivity index (χ4n) is 0.372. The molecule has 0 aromatic rings. The van der Waals surface area contributed by atoms with E-state index < -0.39 is 6.09 Å². The monoisotopic (exact) mass is 287 g/mol. The van der Waals surface area contributed by atoms with Crippen LogP contribution in [0.25, 0.3) is 0 Å². The van der Waals surface area contributed by atoms with Crippen LogP contribution in [0.4, 0.5) is 4.79 Å². The number of carboxylic acid groups (broad SMARTS) is 1. The minimum Gasteiger partial charge on any atom is -0.465 e. The summed E-state index contributed by atoms with van der Waals surface area (Å²) in [5.74, 6) is 0. The highest BCUT2D eigenvalue weighted by Gasteiger charge is 1.88. The molecule has 0 bridgehead atoms. The van der Waals surface area contributed by atoms with Gasteiger partial charge in [-0.2, -0.15) is 0 Å². The van der Waals surface area contributed by atoms with Crippen LogP contribution < -0.4 is 5.32 Å². The van der Waals surface area contributed by atoms with Crippen molar-refractivity contribution >= 4 is 28.7 Å². The maximum absolute atomic E-state index is 9.76. The Labute approximate surface area is 88.1 Å². The summed E-state index contributed by atoms with van der Waals surface area (Å²) in [5.41, 5.74) is 0. The molecule has 1 amide bonds. The van der Waals surface area contributed by atoms with Gasteiger partial charge in [-0.05, 0) is 17.3 Å². The second kappa shape index (κ2) is 13.6. The minimum atomic E-state index is -0.932. The van der Waals surface area contributed by atoms with Crippen LogP contribution in [0.2, 0.25) is 0 Å². The Morgan fingerprint density at radius 2 is 1.92 bits per heavy atom. The van der Waals surface area contributed by atoms with E-state index in [4.69, 9.17) is 5.11 Å². The van der Waals surface area contributed by atoms with Crippen molar-refractivity contribution < 1.29 is 9.90 Å². The lowest BCUT2D eigenvalue weighted by atomic mass is 10.3. The molecule has 0 rings (SSSR count). The van der Waals surface area contributed by atoms with Gasteiger partial charge in [-0.15, -0.1) is 0 Å². The smallest absolute Gasteiger partial charge is 0.404 e. The Balaban J connectivity index is 0. The normalized spacial score (nSPS) is 8.25. The lowest BCUT2D eigenvalue weighted by Gasteiger charge is -1.94. The molecule has 0 atom stereocenters. The quantitative estimate of drug-likeness (QED) is 0.474. The second-order valence-corrected chi connectivity index (χ2v) is 3.35. The van der Waals surface area contributed by atoms with Crippen molar-refractivity contribution in [3.63, 3.8) is 0 Å². The fourth-order valence-corrected chi connectivity index (χ4v) is 0.372. The number of amides is 1. The predicted molar refractivity (Wildman–Crippen MR) is 60.1 cm³/mol. The number of carbonyl (C=O) groups is 1. The van der Waals surface area contributed by atoms with Crippen molar-refractivity contribution in [1.82, 2.24) is 5.32 Å². The van der Waals surface area contributed by atoms with Crippen molar-refractivity contribution in [2.45, 2.75) is 33.1 Å². The summed E-state index contributed by atoms with van der Waals surface area (Å²) in [4.78, 5) is 9.76. The molecule has 0 aromatic heterocycles. The molecule has 3 nitrogen and oxygen atoms in total. The molecule has 0 aliphatic carbocycles. The van der Waals surface area contributed by atoms with Gasteiger partial charge in [0.2, 0.25) is 0 Å². The van der Waals surface area contributed by atoms with Gasteiger partial charge >= 0.3 is 6.09 Å². The van der Waals surface area contributed by atoms with Gasteiger partial charge < -0.3 is 10.4 Å². The van der Waals surface area contributed by atoms with Crippen molar-refractivity contribution in [3.8, 4) is 0 Å². The maximum atomic E-state index is 9.76. The number of hydrogen-bond acceptors (Lipinski definition) is 1. The Morgan fingerprint density at radius 1 is 1.42 bits per heavy atom. The topological polar surface area (TPSA) is 49.3 Å². The summed E-state index contributed by atoms with van der Waals surface area (Å²) >= 11 is 2.35. The fraction of sp³-hybridized carbons (Fsp3) is 0.875. The lowest BCUT2D eigenvalue weighted by Crippen LogP contribution is -2.21. The van der Waals surface area contributed by atoms with Crippen molar-refractivity contribution in [1.29, 1.82) is 0 Å². The largest absolute Gasteiger partial charge is 0.465 e. The molecule has 0 radical (unpaired) electrons. The third kappa shape index (κ3) is 22.5. The summed E-state index contributed by atoms with van der Waals surface area (Å²) < 4.78 is 1.29. The first-order valence-corrected chi connectivity index (χ1v) is 5.74. The van der Waals surface area contributed by atoms with Gasteiger partial charge in [0.15, 0.2) is 0 Å². The lowest BCUT2D eigenvalue weighted by molar-refractivity contribution is 0.194. The van der Waals surface area contributed by atoms with Gasteiger partial charge in [-0.25, -0.2) is 4.79 Å². The molecule has 12 heavy (non-hydrogen) atoms. The first kappa shape index (κ1) is 14.5. The molecule has 74 valence electrons. The van der Waals surface area contributed by atoms with Crippen LogP contribution in [-0.4, -0.2) is 22.2 Å². The van der Waals surface area contributed by atoms with Crippen LogP contribution in [0.15, 0.2) is 0 Å². The molecular formula is C8H18INO2. The van der Waals surface area contributed by atoms with E-state index in [1.54, 1.807) is 0 Å². The average molecular weight is 287 g/mol. The number of alkyl halides is 1. The van der Waals surface area contributed by atoms with E-state index in [2.05, 4.69) is 34.8 Å². The molecular weight excluding hydrogens is 269 g/mol. The van der Waals surface area contributed by atoms with Gasteiger partial charge in [0.1, 0.15) is 0 Å². The van der Waals surface area contributed by atoms with E-state index >= 15 is 0 Å². The summed E-state index contributed by atoms with van der Waals surface area (Å²) in [6, 6.07) is 0. The molecule has 2 N–H and O–H groups in total. The van der Waals surface area contributed by atoms with E-state index in [1.807, 2.05) is 6.92 Å². The standard InChI is InChI=1S/C5H11NO2.C3H7I/c1-2-3-4-6-5(7)8;1-2-3-4/h6H,2-4H2,1H3,(H,7,8);2-3H2,1H3. The Morgan fingerprint density at radius 3 is 2.17 bits per heavy atom. The van der Waals surface area contributed by atoms with Crippen molar-refractivity contribution in [3.05, 3.63) is 0 Å². The minimum absolute atomic E-state index is 0.575. The second-order valence-electron chi connectivity index (χ2n) is 2.27. The third-order valence-corrected chi connectivity index (χ3v) is 2.07. The zero-order valence-electron chi connectivity index (χ0n) is 7.77. The van der Waals surface area contributed by atoms with Crippen molar-refractivity contribution in [2.24, 2.45) is 0 Å². The first-order valence-electron chi connectivity index (χ1n) is 4.21. The average Bonchev–Trinajstić information content (AvgIpc) is 2.05. The van der Waals surface area contributed by atoms with Gasteiger partial charge in [-0.3, -0.25) is 0 Å². The van der Waals surface area contributed by atoms with Crippen LogP contribution in [0.5, 0.6) is 0 Å². The zero-order valence-corrected chi connectivity index (χ0v) is 9.93. The number of halogens is 1. The number of unbranched alkanes of at least 4 members (excludes halogenated alkanes) is 1. The summed E-state index contributed by atoms with van der Waals surface area (Å²) in [6.07, 6.45) is 2.33. The van der Waals surface area contributed by atoms with Gasteiger partial charge in [-0.1, -0.05) is 42.9 Å². The molecule has 0 aliphatic rings. The van der Waals surface area contributed by atoms with Crippen LogP contribution in [0.1, 0.15) is 33.1 Å². The van der Waals surface area contributed by atoms with Crippen LogP contribution >= 0.6 is 22.6 Å². The zero-order chi connectivity index (χ0) is 9.82. The highest BCUT2D eigenvalue weighted by atomic mass is 127. The Bertz CT molecular complexity index is 97.1. The van der Waals surface area contributed by atoms with E-state index in [0.717, 1.165) is 12.8 Å². The third-order valence-electron chi connectivity index (χ3n) is 0.996. The van der Waals surface area contributed by atoms with Gasteiger partial charge in [0.05, 0.1) is 0 Å². The maximum Gasteiger partial charge on any atom is 0.404 e. The number of rotatable bonds is 4. The molecule has 0 unspecified atom stereocenters. The van der Waals surface area contributed by atoms with Crippen LogP contribution in [-0.2, 0) is 0 Å². The number of hydrogen-bond donors (Lipinski definition) is 2. The first-order chi connectivity index (χ1) is 5.68. The molecule has 0 aliphatic heterocycles. The van der Waals surface area contributed by atoms with Crippen molar-refractivity contribution in [2.75, 3.05) is 11.0 Å². The molecule has 4 heteroatoms. The summed E-state index contributed by atoms with van der Waals surface area (Å²) in [7, 11) is 0. The molecule has 0 heterocycles. The van der Waals surface area contributed by atoms with E-state index in [-0.39, 0.29) is 0 Å². The number of nitrogens with one attached hydrogen (secondary N) is 1. The van der Waals surface area contributed by atoms with Gasteiger partial charge in [0.25, 0.3) is 0 Å². The Hall–Kier alpha value is 0. The highest BCUT2D eigenvalue weighted by molar-refractivity contribution is 14.1. The van der Waals surface area contributed by atoms with E-state index in [0.29, 0.717) is 6.54 Å². The molecule has 0 saturated heterocycles. The Kier molecular flexibility index (Phi) is 16.4. The SMILES string of the molecule is CCCCNC(=O)O.CCCI. The van der Waals surface area contributed by atoms with Gasteiger partial charge in [0, 0.05) is 6.54 Å². The molecule has 0 aromatic carbocycles. The van der Waals surface area contributed by atoms with Crippen LogP contribution in [0, 0.1) is 0 Å². The molecule has 0 fully saturated rings. The summed E-state index contributed by atoms with van der Waals surface area (Å²) in [5, 5.41) is 10.3. The van der Waals surface area contributed by atoms with E-state index in [1.165, 1.54) is 10.8 Å². The molecule has 0 saturated carbocycles. The molecule has 0 spiro atoms. The van der Waals surface area contributed by atoms with E-state index in [9.17, 15) is 4.79 Å². The highest BCUT2D eigenvalue weighted by Crippen LogP contribution is 1.82. The predicted octanol–water partition coefficient (Wildman–Crippen LogP) is 2.89.